The minimum Gasteiger partial charge on any atom is -0.494 e. The number of urea groups is 1. The molecule has 0 spiro atoms. The second-order valence-corrected chi connectivity index (χ2v) is 18.3. The van der Waals surface area contributed by atoms with Gasteiger partial charge in [0.05, 0.1) is 45.1 Å². The Balaban J connectivity index is 0.758. The number of carbonyl (C=O) groups excluding carboxylic acids is 4. The summed E-state index contributed by atoms with van der Waals surface area (Å²) in [7, 11) is 0. The zero-order valence-electron chi connectivity index (χ0n) is 35.6. The largest absolute Gasteiger partial charge is 0.494 e. The van der Waals surface area contributed by atoms with Crippen LogP contribution in [0.5, 0.6) is 5.75 Å². The third-order valence-electron chi connectivity index (χ3n) is 11.3. The molecule has 3 aromatic rings. The second-order valence-electron chi connectivity index (χ2n) is 16.1. The number of rotatable bonds is 29. The van der Waals surface area contributed by atoms with Gasteiger partial charge in [-0.25, -0.2) is 4.79 Å². The number of hydrogen-bond donors (Lipinski definition) is 5. The fourth-order valence-corrected chi connectivity index (χ4v) is 9.58. The maximum atomic E-state index is 13.9. The van der Waals surface area contributed by atoms with Gasteiger partial charge in [-0.15, -0.1) is 0 Å². The van der Waals surface area contributed by atoms with Crippen LogP contribution in [0.2, 0.25) is 0 Å². The van der Waals surface area contributed by atoms with Crippen molar-refractivity contribution < 1.29 is 33.4 Å². The second kappa shape index (κ2) is 25.8. The Labute approximate surface area is 379 Å². The summed E-state index contributed by atoms with van der Waals surface area (Å²) < 4.78 is 18.1. The van der Waals surface area contributed by atoms with Crippen molar-refractivity contribution in [2.24, 2.45) is 0 Å². The quantitative estimate of drug-likeness (QED) is 0.0413. The molecule has 6 rings (SSSR count). The molecule has 62 heavy (non-hydrogen) atoms. The highest BCUT2D eigenvalue weighted by Gasteiger charge is 2.43. The number of thioether (sulfide) groups is 1. The SMILES string of the molecule is O=C(CCCC[C@@H]1SC[C@@H]2NC(=O)N[C@@H]21)NCCOCCOCCNCCCCOc1ccc(CCC(=O)N(C2CC2)C(C(=O)NCc2ccccc2)c2ccc(Br)cc2)cc1. The number of fused-ring (bicyclic) bond motifs is 1. The first kappa shape index (κ1) is 47.3. The van der Waals surface area contributed by atoms with Crippen molar-refractivity contribution in [1.82, 2.24) is 31.5 Å². The Morgan fingerprint density at radius 1 is 0.774 bits per heavy atom. The lowest BCUT2D eigenvalue weighted by molar-refractivity contribution is -0.141. The van der Waals surface area contributed by atoms with E-state index in [9.17, 15) is 19.2 Å². The summed E-state index contributed by atoms with van der Waals surface area (Å²) in [6, 6.07) is 25.2. The van der Waals surface area contributed by atoms with Gasteiger partial charge in [-0.2, -0.15) is 11.8 Å². The smallest absolute Gasteiger partial charge is 0.315 e. The summed E-state index contributed by atoms with van der Waals surface area (Å²) in [6.07, 6.45) is 7.93. The standard InChI is InChI=1S/C47H63BrN6O7S/c48-37-17-15-36(16-18-37)45(46(57)51-32-35-8-2-1-3-9-35)54(38-19-20-38)43(56)23-14-34-12-21-39(22-13-34)61-27-7-6-24-49-25-28-59-30-31-60-29-26-50-42(55)11-5-4-10-41-44-40(33-62-41)52-47(58)53-44/h1-3,8-9,12-13,15-18,21-22,38,40-41,44-45,49H,4-7,10-11,14,19-20,23-33H2,(H,50,55)(H,51,57)(H2,52,53,58)/t40-,41-,44-,45?/m0/s1. The third-order valence-corrected chi connectivity index (χ3v) is 13.3. The zero-order chi connectivity index (χ0) is 43.4. The molecule has 5 amide bonds. The van der Waals surface area contributed by atoms with E-state index in [2.05, 4.69) is 42.5 Å². The number of aryl methyl sites for hydroxylation is 1. The summed E-state index contributed by atoms with van der Waals surface area (Å²) in [5.41, 5.74) is 2.86. The van der Waals surface area contributed by atoms with Gasteiger partial charge in [0.1, 0.15) is 11.8 Å². The van der Waals surface area contributed by atoms with Gasteiger partial charge < -0.3 is 45.7 Å². The van der Waals surface area contributed by atoms with Gasteiger partial charge >= 0.3 is 6.03 Å². The molecule has 3 aliphatic rings. The number of nitrogens with one attached hydrogen (secondary N) is 5. The van der Waals surface area contributed by atoms with E-state index in [4.69, 9.17) is 14.2 Å². The number of unbranched alkanes of at least 4 members (excludes halogenated alkanes) is 2. The van der Waals surface area contributed by atoms with Crippen molar-refractivity contribution in [1.29, 1.82) is 0 Å². The minimum absolute atomic E-state index is 0.0181. The molecule has 0 radical (unpaired) electrons. The van der Waals surface area contributed by atoms with Gasteiger partial charge in [-0.1, -0.05) is 76.9 Å². The van der Waals surface area contributed by atoms with Gasteiger partial charge in [-0.05, 0) is 92.4 Å². The van der Waals surface area contributed by atoms with Crippen LogP contribution in [0.15, 0.2) is 83.3 Å². The summed E-state index contributed by atoms with van der Waals surface area (Å²) >= 11 is 5.41. The van der Waals surface area contributed by atoms with Gasteiger partial charge in [-0.3, -0.25) is 14.4 Å². The highest BCUT2D eigenvalue weighted by Crippen LogP contribution is 2.36. The molecule has 0 bridgehead atoms. The Bertz CT molecular complexity index is 1840. The predicted octanol–water partition coefficient (Wildman–Crippen LogP) is 6.05. The van der Waals surface area contributed by atoms with E-state index in [-0.39, 0.29) is 41.9 Å². The van der Waals surface area contributed by atoms with Crippen LogP contribution in [0, 0.1) is 0 Å². The van der Waals surface area contributed by atoms with Crippen molar-refractivity contribution >= 4 is 51.4 Å². The highest BCUT2D eigenvalue weighted by atomic mass is 79.9. The topological polar surface area (TPSA) is 159 Å². The normalized spacial score (nSPS) is 18.3. The van der Waals surface area contributed by atoms with Crippen molar-refractivity contribution in [2.45, 2.75) is 100 Å². The first-order chi connectivity index (χ1) is 30.3. The molecule has 3 fully saturated rings. The number of benzene rings is 3. The van der Waals surface area contributed by atoms with Crippen LogP contribution in [-0.2, 0) is 36.8 Å². The molecule has 2 heterocycles. The average Bonchev–Trinajstić information content (AvgIpc) is 3.96. The predicted molar refractivity (Wildman–Crippen MR) is 246 cm³/mol. The lowest BCUT2D eigenvalue weighted by Crippen LogP contribution is -2.45. The Morgan fingerprint density at radius 2 is 1.53 bits per heavy atom. The molecule has 4 atom stereocenters. The molecular formula is C47H63BrN6O7S. The number of carbonyl (C=O) groups is 4. The number of nitrogens with zero attached hydrogens (tertiary/aromatic N) is 1. The fraction of sp³-hybridized carbons (Fsp3) is 0.532. The Morgan fingerprint density at radius 3 is 2.29 bits per heavy atom. The fourth-order valence-electron chi connectivity index (χ4n) is 7.77. The maximum Gasteiger partial charge on any atom is 0.315 e. The van der Waals surface area contributed by atoms with Crippen LogP contribution < -0.4 is 31.3 Å². The van der Waals surface area contributed by atoms with Crippen molar-refractivity contribution in [2.75, 3.05) is 58.4 Å². The number of hydrogen-bond acceptors (Lipinski definition) is 9. The Kier molecular flexibility index (Phi) is 19.7. The van der Waals surface area contributed by atoms with E-state index in [1.54, 1.807) is 0 Å². The van der Waals surface area contributed by atoms with Crippen LogP contribution in [-0.4, -0.2) is 110 Å². The molecule has 5 N–H and O–H groups in total. The zero-order valence-corrected chi connectivity index (χ0v) is 38.0. The minimum atomic E-state index is -0.698. The monoisotopic (exact) mass is 934 g/mol. The van der Waals surface area contributed by atoms with E-state index in [1.165, 1.54) is 0 Å². The van der Waals surface area contributed by atoms with Crippen LogP contribution in [0.1, 0.15) is 80.5 Å². The van der Waals surface area contributed by atoms with E-state index in [1.807, 2.05) is 95.5 Å². The summed E-state index contributed by atoms with van der Waals surface area (Å²) in [4.78, 5) is 53.1. The van der Waals surface area contributed by atoms with Gasteiger partial charge in [0.2, 0.25) is 17.7 Å². The van der Waals surface area contributed by atoms with Crippen LogP contribution >= 0.6 is 27.7 Å². The molecule has 13 nitrogen and oxygen atoms in total. The van der Waals surface area contributed by atoms with Crippen LogP contribution in [0.3, 0.4) is 0 Å². The summed E-state index contributed by atoms with van der Waals surface area (Å²) in [6.45, 7) is 5.21. The van der Waals surface area contributed by atoms with Gasteiger partial charge in [0.15, 0.2) is 0 Å². The number of halogens is 1. The third kappa shape index (κ3) is 15.9. The van der Waals surface area contributed by atoms with Crippen molar-refractivity contribution in [3.05, 3.63) is 100 Å². The molecule has 15 heteroatoms. The molecular weight excluding hydrogens is 873 g/mol. The summed E-state index contributed by atoms with van der Waals surface area (Å²) in [5, 5.41) is 15.8. The van der Waals surface area contributed by atoms with E-state index in [0.29, 0.717) is 70.6 Å². The van der Waals surface area contributed by atoms with Crippen molar-refractivity contribution in [3.8, 4) is 5.75 Å². The van der Waals surface area contributed by atoms with E-state index >= 15 is 0 Å². The maximum absolute atomic E-state index is 13.9. The lowest BCUT2D eigenvalue weighted by atomic mass is 10.0. The molecule has 2 aliphatic heterocycles. The molecule has 0 aromatic heterocycles. The highest BCUT2D eigenvalue weighted by molar-refractivity contribution is 9.10. The lowest BCUT2D eigenvalue weighted by Gasteiger charge is -2.32. The van der Waals surface area contributed by atoms with Gasteiger partial charge in [0, 0.05) is 54.0 Å². The van der Waals surface area contributed by atoms with Crippen LogP contribution in [0.25, 0.3) is 0 Å². The van der Waals surface area contributed by atoms with E-state index < -0.39 is 6.04 Å². The van der Waals surface area contributed by atoms with Gasteiger partial charge in [0.25, 0.3) is 0 Å². The molecule has 1 unspecified atom stereocenters. The number of amides is 5. The van der Waals surface area contributed by atoms with Crippen molar-refractivity contribution in [3.63, 3.8) is 0 Å². The summed E-state index contributed by atoms with van der Waals surface area (Å²) in [5.74, 6) is 1.62. The average molecular weight is 936 g/mol. The first-order valence-electron chi connectivity index (χ1n) is 22.3. The number of ether oxygens (including phenoxy) is 3. The molecule has 3 aromatic carbocycles. The Hall–Kier alpha value is -4.15. The van der Waals surface area contributed by atoms with E-state index in [0.717, 1.165) is 90.7 Å². The molecule has 1 saturated carbocycles. The molecule has 1 aliphatic carbocycles. The molecule has 2 saturated heterocycles. The van der Waals surface area contributed by atoms with Crippen LogP contribution in [0.4, 0.5) is 4.79 Å². The first-order valence-corrected chi connectivity index (χ1v) is 24.1. The molecule has 336 valence electrons.